The molecular formula is C40H44Cl3N5O5. The van der Waals surface area contributed by atoms with Gasteiger partial charge in [0.15, 0.2) is 0 Å². The maximum Gasteiger partial charge on any atom is 0.410 e. The van der Waals surface area contributed by atoms with Gasteiger partial charge < -0.3 is 24.8 Å². The molecule has 280 valence electrons. The molecule has 0 aliphatic carbocycles. The molecule has 0 bridgehead atoms. The first-order valence-corrected chi connectivity index (χ1v) is 18.8. The third-order valence-electron chi connectivity index (χ3n) is 9.29. The van der Waals surface area contributed by atoms with E-state index in [1.54, 1.807) is 18.0 Å². The number of nitrogens with one attached hydrogen (secondary N) is 1. The Bertz CT molecular complexity index is 2020. The minimum atomic E-state index is -0.698. The molecule has 2 aromatic carbocycles. The molecule has 6 rings (SSSR count). The summed E-state index contributed by atoms with van der Waals surface area (Å²) in [5, 5.41) is 14.3. The summed E-state index contributed by atoms with van der Waals surface area (Å²) < 4.78 is 11.4. The van der Waals surface area contributed by atoms with Crippen LogP contribution in [0, 0.1) is 0 Å². The highest BCUT2D eigenvalue weighted by atomic mass is 35.5. The van der Waals surface area contributed by atoms with E-state index in [2.05, 4.69) is 21.3 Å². The first-order valence-electron chi connectivity index (χ1n) is 17.7. The molecule has 2 amide bonds. The summed E-state index contributed by atoms with van der Waals surface area (Å²) >= 11 is 21.1. The molecule has 1 saturated heterocycles. The molecule has 2 N–H and O–H groups in total. The number of amides is 2. The van der Waals surface area contributed by atoms with Gasteiger partial charge in [-0.15, -0.1) is 0 Å². The largest absolute Gasteiger partial charge is 0.481 e. The zero-order valence-electron chi connectivity index (χ0n) is 30.5. The highest BCUT2D eigenvalue weighted by molar-refractivity contribution is 6.39. The van der Waals surface area contributed by atoms with Gasteiger partial charge in [0.05, 0.1) is 41.2 Å². The second kappa shape index (κ2) is 16.2. The number of fused-ring (bicyclic) bond motifs is 1. The monoisotopic (exact) mass is 779 g/mol. The summed E-state index contributed by atoms with van der Waals surface area (Å²) in [5.74, 6) is 0.298. The summed E-state index contributed by atoms with van der Waals surface area (Å²) in [6.07, 6.45) is 2.66. The van der Waals surface area contributed by atoms with Crippen LogP contribution < -0.4 is 10.1 Å². The highest BCUT2D eigenvalue weighted by Gasteiger charge is 2.30. The van der Waals surface area contributed by atoms with Gasteiger partial charge in [-0.2, -0.15) is 0 Å². The predicted molar refractivity (Wildman–Crippen MR) is 208 cm³/mol. The van der Waals surface area contributed by atoms with E-state index in [1.807, 2.05) is 63.2 Å². The molecule has 10 nitrogen and oxygen atoms in total. The van der Waals surface area contributed by atoms with E-state index in [4.69, 9.17) is 49.3 Å². The van der Waals surface area contributed by atoms with Crippen LogP contribution in [-0.4, -0.2) is 81.4 Å². The quantitative estimate of drug-likeness (QED) is 0.166. The van der Waals surface area contributed by atoms with Gasteiger partial charge in [-0.3, -0.25) is 14.7 Å². The number of nitrogens with zero attached hydrogens (tertiary/aromatic N) is 4. The predicted octanol–water partition coefficient (Wildman–Crippen LogP) is 8.20. The Morgan fingerprint density at radius 1 is 1.08 bits per heavy atom. The maximum absolute atomic E-state index is 13.3. The number of halogens is 3. The molecule has 0 radical (unpaired) electrons. The minimum absolute atomic E-state index is 0.0316. The third kappa shape index (κ3) is 9.07. The molecule has 13 heteroatoms. The van der Waals surface area contributed by atoms with Crippen molar-refractivity contribution in [2.45, 2.75) is 77.8 Å². The van der Waals surface area contributed by atoms with E-state index in [0.29, 0.717) is 80.5 Å². The van der Waals surface area contributed by atoms with Crippen molar-refractivity contribution in [2.75, 3.05) is 26.7 Å². The summed E-state index contributed by atoms with van der Waals surface area (Å²) in [5.41, 5.74) is 6.22. The van der Waals surface area contributed by atoms with Crippen LogP contribution in [0.1, 0.15) is 57.2 Å². The highest BCUT2D eigenvalue weighted by Crippen LogP contribution is 2.43. The smallest absolute Gasteiger partial charge is 0.410 e. The fourth-order valence-electron chi connectivity index (χ4n) is 6.86. The Labute approximate surface area is 325 Å². The number of rotatable bonds is 10. The third-order valence-corrected chi connectivity index (χ3v) is 10.4. The number of ether oxygens (including phenoxy) is 2. The molecule has 0 spiro atoms. The van der Waals surface area contributed by atoms with Crippen LogP contribution in [0.4, 0.5) is 4.79 Å². The van der Waals surface area contributed by atoms with Crippen molar-refractivity contribution >= 4 is 46.8 Å². The summed E-state index contributed by atoms with van der Waals surface area (Å²) in [6.45, 7) is 9.76. The summed E-state index contributed by atoms with van der Waals surface area (Å²) in [6, 6.07) is 15.0. The number of methoxy groups -OCH3 is 1. The van der Waals surface area contributed by atoms with E-state index in [9.17, 15) is 14.7 Å². The molecule has 2 aliphatic heterocycles. The molecule has 4 aromatic rings. The first kappa shape index (κ1) is 38.8. The lowest BCUT2D eigenvalue weighted by molar-refractivity contribution is -0.119. The molecule has 0 saturated carbocycles. The number of hydrogen-bond acceptors (Lipinski definition) is 8. The average molecular weight is 781 g/mol. The van der Waals surface area contributed by atoms with Crippen molar-refractivity contribution in [1.82, 2.24) is 25.1 Å². The van der Waals surface area contributed by atoms with E-state index in [-0.39, 0.29) is 25.0 Å². The topological polar surface area (TPSA) is 117 Å². The van der Waals surface area contributed by atoms with Gasteiger partial charge in [-0.05, 0) is 82.0 Å². The van der Waals surface area contributed by atoms with Crippen LogP contribution in [0.5, 0.6) is 5.88 Å². The Morgan fingerprint density at radius 2 is 1.83 bits per heavy atom. The first-order chi connectivity index (χ1) is 25.2. The van der Waals surface area contributed by atoms with Gasteiger partial charge in [-0.1, -0.05) is 53.0 Å². The maximum atomic E-state index is 13.3. The Morgan fingerprint density at radius 3 is 2.53 bits per heavy atom. The average Bonchev–Trinajstić information content (AvgIpc) is 3.52. The molecule has 2 aliphatic rings. The Balaban J connectivity index is 1.28. The van der Waals surface area contributed by atoms with Crippen LogP contribution >= 0.6 is 34.8 Å². The number of aliphatic hydroxyl groups excluding tert-OH is 1. The van der Waals surface area contributed by atoms with Crippen molar-refractivity contribution in [1.29, 1.82) is 0 Å². The number of hydrogen-bond donors (Lipinski definition) is 2. The van der Waals surface area contributed by atoms with Crippen LogP contribution in [-0.2, 0) is 29.0 Å². The molecule has 1 unspecified atom stereocenters. The van der Waals surface area contributed by atoms with Crippen molar-refractivity contribution in [3.63, 3.8) is 0 Å². The second-order valence-corrected chi connectivity index (χ2v) is 15.8. The standard InChI is InChI=1S/C40H44Cl3N5O5/c1-23(49)19-47-16-14-24-17-26(18-32(41)31(24)22-47)37-36(43)29(13-15-44-37)28-7-6-8-30(35(28)42)33-11-9-25(38(46-33)52-5)20-48(39(51)53-40(2,3)4)21-27-10-12-34(50)45-27/h6-9,11,13,15,17-18,23,27,49H,10,12,14,16,19-22H2,1-5H3,(H,45,50)/t23?,27-/m0/s1. The summed E-state index contributed by atoms with van der Waals surface area (Å²) in [7, 11) is 1.53. The zero-order chi connectivity index (χ0) is 38.0. The van der Waals surface area contributed by atoms with Gasteiger partial charge in [0.25, 0.3) is 0 Å². The van der Waals surface area contributed by atoms with Crippen molar-refractivity contribution in [3.8, 4) is 39.5 Å². The lowest BCUT2D eigenvalue weighted by Gasteiger charge is -2.30. The van der Waals surface area contributed by atoms with E-state index < -0.39 is 17.8 Å². The van der Waals surface area contributed by atoms with Gasteiger partial charge in [0.2, 0.25) is 11.8 Å². The fraction of sp³-hybridized carbons (Fsp3) is 0.400. The van der Waals surface area contributed by atoms with Gasteiger partial charge in [0, 0.05) is 77.7 Å². The number of carbonyl (C=O) groups is 2. The van der Waals surface area contributed by atoms with E-state index in [0.717, 1.165) is 29.7 Å². The lowest BCUT2D eigenvalue weighted by Crippen LogP contribution is -2.43. The second-order valence-electron chi connectivity index (χ2n) is 14.6. The SMILES string of the molecule is COc1nc(-c2cccc(-c3ccnc(-c4cc(Cl)c5c(c4)CCN(CC(C)O)C5)c3Cl)c2Cl)ccc1CN(C[C@@H]1CCC(=O)N1)C(=O)OC(C)(C)C. The van der Waals surface area contributed by atoms with Crippen molar-refractivity contribution in [2.24, 2.45) is 0 Å². The molecule has 2 atom stereocenters. The molecular weight excluding hydrogens is 737 g/mol. The molecule has 4 heterocycles. The molecule has 53 heavy (non-hydrogen) atoms. The van der Waals surface area contributed by atoms with Gasteiger partial charge in [-0.25, -0.2) is 9.78 Å². The number of β-amino-alcohol motifs (C(OH)–C–C–N with tert-alkyl or cyclic N) is 1. The number of pyridine rings is 2. The van der Waals surface area contributed by atoms with Crippen molar-refractivity contribution in [3.05, 3.63) is 86.5 Å². The van der Waals surface area contributed by atoms with Crippen LogP contribution in [0.25, 0.3) is 33.6 Å². The molecule has 2 aromatic heterocycles. The fourth-order valence-corrected chi connectivity index (χ4v) is 7.81. The summed E-state index contributed by atoms with van der Waals surface area (Å²) in [4.78, 5) is 38.4. The number of carbonyl (C=O) groups excluding carboxylic acids is 2. The van der Waals surface area contributed by atoms with E-state index >= 15 is 0 Å². The minimum Gasteiger partial charge on any atom is -0.481 e. The van der Waals surface area contributed by atoms with Crippen LogP contribution in [0.2, 0.25) is 15.1 Å². The van der Waals surface area contributed by atoms with Crippen LogP contribution in [0.3, 0.4) is 0 Å². The van der Waals surface area contributed by atoms with Crippen molar-refractivity contribution < 1.29 is 24.2 Å². The number of benzene rings is 2. The normalized spacial score (nSPS) is 16.5. The number of aliphatic hydroxyl groups is 1. The Kier molecular flexibility index (Phi) is 11.9. The van der Waals surface area contributed by atoms with Crippen LogP contribution in [0.15, 0.2) is 54.7 Å². The van der Waals surface area contributed by atoms with E-state index in [1.165, 1.54) is 7.11 Å². The Hall–Kier alpha value is -3.93. The van der Waals surface area contributed by atoms with Gasteiger partial charge in [0.1, 0.15) is 5.60 Å². The molecule has 1 fully saturated rings. The van der Waals surface area contributed by atoms with Gasteiger partial charge >= 0.3 is 6.09 Å². The zero-order valence-corrected chi connectivity index (χ0v) is 32.8. The number of aromatic nitrogens is 2. The lowest BCUT2D eigenvalue weighted by atomic mass is 9.94.